The van der Waals surface area contributed by atoms with Crippen molar-refractivity contribution in [2.45, 2.75) is 19.9 Å². The highest BCUT2D eigenvalue weighted by atomic mass is 35.5. The van der Waals surface area contributed by atoms with Crippen LogP contribution in [0.25, 0.3) is 0 Å². The van der Waals surface area contributed by atoms with E-state index in [2.05, 4.69) is 10.6 Å². The standard InChI is InChI=1S/C17H19ClN2O2/c1-11-8-9-13(18)10-15(11)20-17(21)12(2)19-14-6-4-5-7-16(14)22-3/h4-10,12,19H,1-3H3,(H,20,21)/t12-/m1/s1. The molecule has 2 aromatic rings. The zero-order valence-electron chi connectivity index (χ0n) is 12.8. The molecule has 0 unspecified atom stereocenters. The van der Waals surface area contributed by atoms with Gasteiger partial charge in [0, 0.05) is 10.7 Å². The Bertz CT molecular complexity index is 673. The van der Waals surface area contributed by atoms with Crippen LogP contribution < -0.4 is 15.4 Å². The van der Waals surface area contributed by atoms with Crippen LogP contribution >= 0.6 is 11.6 Å². The molecule has 0 radical (unpaired) electrons. The maximum atomic E-state index is 12.3. The van der Waals surface area contributed by atoms with Gasteiger partial charge in [0.2, 0.25) is 5.91 Å². The first-order valence-corrected chi connectivity index (χ1v) is 7.35. The van der Waals surface area contributed by atoms with E-state index < -0.39 is 6.04 Å². The molecule has 0 aliphatic heterocycles. The average Bonchev–Trinajstić information content (AvgIpc) is 2.51. The molecule has 2 N–H and O–H groups in total. The number of anilines is 2. The highest BCUT2D eigenvalue weighted by Crippen LogP contribution is 2.24. The van der Waals surface area contributed by atoms with Gasteiger partial charge in [0.15, 0.2) is 0 Å². The van der Waals surface area contributed by atoms with Gasteiger partial charge >= 0.3 is 0 Å². The van der Waals surface area contributed by atoms with Gasteiger partial charge < -0.3 is 15.4 Å². The molecule has 2 rings (SSSR count). The molecule has 5 heteroatoms. The summed E-state index contributed by atoms with van der Waals surface area (Å²) in [4.78, 5) is 12.3. The normalized spacial score (nSPS) is 11.6. The van der Waals surface area contributed by atoms with Crippen molar-refractivity contribution in [2.24, 2.45) is 0 Å². The number of ether oxygens (including phenoxy) is 1. The smallest absolute Gasteiger partial charge is 0.246 e. The van der Waals surface area contributed by atoms with E-state index >= 15 is 0 Å². The van der Waals surface area contributed by atoms with Crippen molar-refractivity contribution < 1.29 is 9.53 Å². The zero-order chi connectivity index (χ0) is 16.1. The van der Waals surface area contributed by atoms with Gasteiger partial charge in [-0.25, -0.2) is 0 Å². The molecule has 0 saturated carbocycles. The minimum Gasteiger partial charge on any atom is -0.495 e. The fourth-order valence-electron chi connectivity index (χ4n) is 2.03. The molecule has 0 aliphatic rings. The third-order valence-corrected chi connectivity index (χ3v) is 3.56. The second-order valence-electron chi connectivity index (χ2n) is 5.01. The van der Waals surface area contributed by atoms with Crippen LogP contribution in [0.4, 0.5) is 11.4 Å². The predicted molar refractivity (Wildman–Crippen MR) is 90.9 cm³/mol. The second kappa shape index (κ2) is 7.18. The number of amides is 1. The Morgan fingerprint density at radius 1 is 1.18 bits per heavy atom. The lowest BCUT2D eigenvalue weighted by Gasteiger charge is -2.18. The predicted octanol–water partition coefficient (Wildman–Crippen LogP) is 4.10. The average molecular weight is 319 g/mol. The minimum absolute atomic E-state index is 0.142. The van der Waals surface area contributed by atoms with Crippen LogP contribution in [-0.4, -0.2) is 19.1 Å². The molecular formula is C17H19ClN2O2. The number of benzene rings is 2. The quantitative estimate of drug-likeness (QED) is 0.872. The van der Waals surface area contributed by atoms with Gasteiger partial charge in [-0.15, -0.1) is 0 Å². The van der Waals surface area contributed by atoms with Crippen LogP contribution in [0.5, 0.6) is 5.75 Å². The molecule has 116 valence electrons. The SMILES string of the molecule is COc1ccccc1N[C@H](C)C(=O)Nc1cc(Cl)ccc1C. The number of hydrogen-bond donors (Lipinski definition) is 2. The lowest BCUT2D eigenvalue weighted by molar-refractivity contribution is -0.116. The van der Waals surface area contributed by atoms with Crippen molar-refractivity contribution in [3.8, 4) is 5.75 Å². The summed E-state index contributed by atoms with van der Waals surface area (Å²) in [6, 6.07) is 12.5. The molecule has 1 atom stereocenters. The van der Waals surface area contributed by atoms with Crippen LogP contribution in [0.15, 0.2) is 42.5 Å². The Morgan fingerprint density at radius 2 is 1.91 bits per heavy atom. The molecule has 2 aromatic carbocycles. The fraction of sp³-hybridized carbons (Fsp3) is 0.235. The first-order chi connectivity index (χ1) is 10.5. The van der Waals surface area contributed by atoms with E-state index in [0.29, 0.717) is 16.5 Å². The molecule has 0 saturated heterocycles. The lowest BCUT2D eigenvalue weighted by Crippen LogP contribution is -2.32. The largest absolute Gasteiger partial charge is 0.495 e. The number of halogens is 1. The molecule has 0 fully saturated rings. The summed E-state index contributed by atoms with van der Waals surface area (Å²) in [7, 11) is 1.60. The Morgan fingerprint density at radius 3 is 2.64 bits per heavy atom. The van der Waals surface area contributed by atoms with Crippen LogP contribution in [0.3, 0.4) is 0 Å². The highest BCUT2D eigenvalue weighted by Gasteiger charge is 2.15. The Balaban J connectivity index is 2.07. The van der Waals surface area contributed by atoms with Crippen molar-refractivity contribution in [1.82, 2.24) is 0 Å². The van der Waals surface area contributed by atoms with Gasteiger partial charge in [0.25, 0.3) is 0 Å². The monoisotopic (exact) mass is 318 g/mol. The Hall–Kier alpha value is -2.20. The molecule has 0 aromatic heterocycles. The number of rotatable bonds is 5. The van der Waals surface area contributed by atoms with E-state index in [0.717, 1.165) is 11.3 Å². The van der Waals surface area contributed by atoms with E-state index in [1.54, 1.807) is 26.2 Å². The molecule has 1 amide bonds. The summed E-state index contributed by atoms with van der Waals surface area (Å²) >= 11 is 5.97. The van der Waals surface area contributed by atoms with Crippen LogP contribution in [0, 0.1) is 6.92 Å². The van der Waals surface area contributed by atoms with Gasteiger partial charge in [-0.05, 0) is 43.7 Å². The van der Waals surface area contributed by atoms with Crippen LogP contribution in [0.2, 0.25) is 5.02 Å². The summed E-state index contributed by atoms with van der Waals surface area (Å²) in [5, 5.41) is 6.62. The number of carbonyl (C=O) groups is 1. The Labute approximate surface area is 135 Å². The summed E-state index contributed by atoms with van der Waals surface area (Å²) in [6.07, 6.45) is 0. The number of nitrogens with one attached hydrogen (secondary N) is 2. The van der Waals surface area contributed by atoms with E-state index in [1.165, 1.54) is 0 Å². The molecule has 0 heterocycles. The van der Waals surface area contributed by atoms with Gasteiger partial charge in [-0.3, -0.25) is 4.79 Å². The molecule has 0 bridgehead atoms. The zero-order valence-corrected chi connectivity index (χ0v) is 13.6. The van der Waals surface area contributed by atoms with Crippen molar-refractivity contribution in [1.29, 1.82) is 0 Å². The fourth-order valence-corrected chi connectivity index (χ4v) is 2.20. The Kier molecular flexibility index (Phi) is 5.28. The molecular weight excluding hydrogens is 300 g/mol. The van der Waals surface area contributed by atoms with E-state index in [1.807, 2.05) is 37.3 Å². The number of hydrogen-bond acceptors (Lipinski definition) is 3. The first-order valence-electron chi connectivity index (χ1n) is 6.98. The van der Waals surface area contributed by atoms with E-state index in [4.69, 9.17) is 16.3 Å². The van der Waals surface area contributed by atoms with Crippen molar-refractivity contribution in [2.75, 3.05) is 17.7 Å². The second-order valence-corrected chi connectivity index (χ2v) is 5.45. The van der Waals surface area contributed by atoms with Gasteiger partial charge in [0.1, 0.15) is 11.8 Å². The number of para-hydroxylation sites is 2. The third-order valence-electron chi connectivity index (χ3n) is 3.33. The number of methoxy groups -OCH3 is 1. The molecule has 0 spiro atoms. The van der Waals surface area contributed by atoms with Gasteiger partial charge in [-0.2, -0.15) is 0 Å². The summed E-state index contributed by atoms with van der Waals surface area (Å²) < 4.78 is 5.27. The molecule has 0 aliphatic carbocycles. The maximum Gasteiger partial charge on any atom is 0.246 e. The molecule has 4 nitrogen and oxygen atoms in total. The lowest BCUT2D eigenvalue weighted by atomic mass is 10.2. The number of carbonyl (C=O) groups excluding carboxylic acids is 1. The van der Waals surface area contributed by atoms with Crippen molar-refractivity contribution in [3.05, 3.63) is 53.1 Å². The minimum atomic E-state index is -0.422. The highest BCUT2D eigenvalue weighted by molar-refractivity contribution is 6.31. The van der Waals surface area contributed by atoms with Gasteiger partial charge in [0.05, 0.1) is 12.8 Å². The summed E-state index contributed by atoms with van der Waals surface area (Å²) in [5.74, 6) is 0.553. The summed E-state index contributed by atoms with van der Waals surface area (Å²) in [6.45, 7) is 3.71. The van der Waals surface area contributed by atoms with Crippen LogP contribution in [-0.2, 0) is 4.79 Å². The van der Waals surface area contributed by atoms with Crippen molar-refractivity contribution in [3.63, 3.8) is 0 Å². The summed E-state index contributed by atoms with van der Waals surface area (Å²) in [5.41, 5.74) is 2.45. The molecule has 22 heavy (non-hydrogen) atoms. The van der Waals surface area contributed by atoms with Crippen LogP contribution in [0.1, 0.15) is 12.5 Å². The maximum absolute atomic E-state index is 12.3. The van der Waals surface area contributed by atoms with Crippen molar-refractivity contribution >= 4 is 28.9 Å². The first kappa shape index (κ1) is 16.2. The number of aryl methyl sites for hydroxylation is 1. The third kappa shape index (κ3) is 3.92. The van der Waals surface area contributed by atoms with Gasteiger partial charge in [-0.1, -0.05) is 29.8 Å². The van der Waals surface area contributed by atoms with E-state index in [9.17, 15) is 4.79 Å². The van der Waals surface area contributed by atoms with E-state index in [-0.39, 0.29) is 5.91 Å². The topological polar surface area (TPSA) is 50.4 Å².